The smallest absolute Gasteiger partial charge is 0.268 e. The Morgan fingerprint density at radius 2 is 2.00 bits per heavy atom. The van der Waals surface area contributed by atoms with Crippen molar-refractivity contribution in [3.63, 3.8) is 0 Å². The summed E-state index contributed by atoms with van der Waals surface area (Å²) in [5.41, 5.74) is 7.68. The SMILES string of the molecule is COc1ccc(Cl)cc1NC(=O)c1sc(N)nc1-c1ccccc1. The minimum atomic E-state index is -0.316. The highest BCUT2D eigenvalue weighted by atomic mass is 35.5. The van der Waals surface area contributed by atoms with Crippen LogP contribution in [0.15, 0.2) is 48.5 Å². The molecule has 0 fully saturated rings. The molecule has 1 aromatic heterocycles. The number of rotatable bonds is 4. The Bertz CT molecular complexity index is 881. The number of aromatic nitrogens is 1. The molecule has 0 radical (unpaired) electrons. The molecule has 0 unspecified atom stereocenters. The fourth-order valence-electron chi connectivity index (χ4n) is 2.24. The molecule has 3 N–H and O–H groups in total. The van der Waals surface area contributed by atoms with Crippen LogP contribution in [-0.2, 0) is 0 Å². The van der Waals surface area contributed by atoms with Crippen LogP contribution in [0.5, 0.6) is 5.75 Å². The molecule has 5 nitrogen and oxygen atoms in total. The Kier molecular flexibility index (Phi) is 4.69. The number of ether oxygens (including phenoxy) is 1. The van der Waals surface area contributed by atoms with E-state index >= 15 is 0 Å². The highest BCUT2D eigenvalue weighted by Crippen LogP contribution is 2.32. The summed E-state index contributed by atoms with van der Waals surface area (Å²) in [4.78, 5) is 17.4. The average molecular weight is 360 g/mol. The summed E-state index contributed by atoms with van der Waals surface area (Å²) in [5.74, 6) is 0.204. The van der Waals surface area contributed by atoms with Crippen molar-refractivity contribution in [3.8, 4) is 17.0 Å². The number of hydrogen-bond donors (Lipinski definition) is 2. The van der Waals surface area contributed by atoms with E-state index in [2.05, 4.69) is 10.3 Å². The van der Waals surface area contributed by atoms with Crippen molar-refractivity contribution in [2.24, 2.45) is 0 Å². The van der Waals surface area contributed by atoms with E-state index in [1.807, 2.05) is 30.3 Å². The number of thiazole rings is 1. The minimum absolute atomic E-state index is 0.316. The molecule has 3 aromatic rings. The van der Waals surface area contributed by atoms with E-state index in [1.165, 1.54) is 7.11 Å². The molecule has 7 heteroatoms. The van der Waals surface area contributed by atoms with Gasteiger partial charge < -0.3 is 15.8 Å². The zero-order valence-corrected chi connectivity index (χ0v) is 14.3. The minimum Gasteiger partial charge on any atom is -0.495 e. The molecular weight excluding hydrogens is 346 g/mol. The first-order chi connectivity index (χ1) is 11.6. The van der Waals surface area contributed by atoms with Gasteiger partial charge in [0.2, 0.25) is 0 Å². The number of carbonyl (C=O) groups excluding carboxylic acids is 1. The van der Waals surface area contributed by atoms with Gasteiger partial charge in [-0.1, -0.05) is 53.3 Å². The van der Waals surface area contributed by atoms with Gasteiger partial charge in [-0.05, 0) is 18.2 Å². The molecule has 0 bridgehead atoms. The van der Waals surface area contributed by atoms with Crippen molar-refractivity contribution in [2.75, 3.05) is 18.2 Å². The first-order valence-corrected chi connectivity index (χ1v) is 8.24. The quantitative estimate of drug-likeness (QED) is 0.727. The number of nitrogen functional groups attached to an aromatic ring is 1. The van der Waals surface area contributed by atoms with Crippen molar-refractivity contribution in [1.29, 1.82) is 0 Å². The van der Waals surface area contributed by atoms with Crippen molar-refractivity contribution in [1.82, 2.24) is 4.98 Å². The summed E-state index contributed by atoms with van der Waals surface area (Å²) in [6, 6.07) is 14.4. The summed E-state index contributed by atoms with van der Waals surface area (Å²) in [7, 11) is 1.53. The number of halogens is 1. The number of hydrogen-bond acceptors (Lipinski definition) is 5. The lowest BCUT2D eigenvalue weighted by molar-refractivity contribution is 0.103. The zero-order valence-electron chi connectivity index (χ0n) is 12.7. The summed E-state index contributed by atoms with van der Waals surface area (Å²) in [6.07, 6.45) is 0. The number of carbonyl (C=O) groups is 1. The maximum atomic E-state index is 12.7. The molecule has 0 aliphatic heterocycles. The van der Waals surface area contributed by atoms with Crippen molar-refractivity contribution in [3.05, 3.63) is 58.4 Å². The predicted molar refractivity (Wildman–Crippen MR) is 97.9 cm³/mol. The van der Waals surface area contributed by atoms with E-state index in [0.29, 0.717) is 32.2 Å². The second-order valence-corrected chi connectivity index (χ2v) is 6.36. The molecule has 122 valence electrons. The van der Waals surface area contributed by atoms with Crippen LogP contribution in [-0.4, -0.2) is 18.0 Å². The lowest BCUT2D eigenvalue weighted by Crippen LogP contribution is -2.12. The third kappa shape index (κ3) is 3.34. The topological polar surface area (TPSA) is 77.2 Å². The van der Waals surface area contributed by atoms with Gasteiger partial charge >= 0.3 is 0 Å². The van der Waals surface area contributed by atoms with Gasteiger partial charge in [0.05, 0.1) is 18.5 Å². The van der Waals surface area contributed by atoms with Crippen LogP contribution in [0.3, 0.4) is 0 Å². The molecule has 24 heavy (non-hydrogen) atoms. The van der Waals surface area contributed by atoms with Crippen molar-refractivity contribution >= 4 is 39.7 Å². The lowest BCUT2D eigenvalue weighted by Gasteiger charge is -2.10. The molecule has 0 saturated heterocycles. The normalized spacial score (nSPS) is 10.4. The average Bonchev–Trinajstić information content (AvgIpc) is 2.98. The van der Waals surface area contributed by atoms with E-state index in [-0.39, 0.29) is 5.91 Å². The number of nitrogens with one attached hydrogen (secondary N) is 1. The summed E-state index contributed by atoms with van der Waals surface area (Å²) < 4.78 is 5.25. The summed E-state index contributed by atoms with van der Waals surface area (Å²) in [6.45, 7) is 0. The Morgan fingerprint density at radius 3 is 2.71 bits per heavy atom. The monoisotopic (exact) mass is 359 g/mol. The molecule has 0 aliphatic carbocycles. The van der Waals surface area contributed by atoms with E-state index in [0.717, 1.165) is 16.9 Å². The second kappa shape index (κ2) is 6.90. The second-order valence-electron chi connectivity index (χ2n) is 4.89. The molecule has 0 atom stereocenters. The van der Waals surface area contributed by atoms with E-state index < -0.39 is 0 Å². The fourth-order valence-corrected chi connectivity index (χ4v) is 3.16. The van der Waals surface area contributed by atoms with Gasteiger partial charge in [-0.15, -0.1) is 0 Å². The van der Waals surface area contributed by atoms with Gasteiger partial charge in [0, 0.05) is 10.6 Å². The maximum absolute atomic E-state index is 12.7. The van der Waals surface area contributed by atoms with Crippen LogP contribution in [0.1, 0.15) is 9.67 Å². The molecule has 2 aromatic carbocycles. The first-order valence-electron chi connectivity index (χ1n) is 7.05. The predicted octanol–water partition coefficient (Wildman–Crippen LogP) is 4.31. The largest absolute Gasteiger partial charge is 0.495 e. The Labute approximate surface area is 148 Å². The van der Waals surface area contributed by atoms with Crippen LogP contribution < -0.4 is 15.8 Å². The van der Waals surface area contributed by atoms with Crippen LogP contribution in [0.4, 0.5) is 10.8 Å². The summed E-state index contributed by atoms with van der Waals surface area (Å²) in [5, 5.41) is 3.64. The standard InChI is InChI=1S/C17H14ClN3O2S/c1-23-13-8-7-11(18)9-12(13)20-16(22)15-14(21-17(19)24-15)10-5-3-2-4-6-10/h2-9H,1H3,(H2,19,21)(H,20,22). The van der Waals surface area contributed by atoms with Gasteiger partial charge in [-0.25, -0.2) is 4.98 Å². The number of anilines is 2. The van der Waals surface area contributed by atoms with Crippen LogP contribution >= 0.6 is 22.9 Å². The molecule has 1 amide bonds. The third-order valence-corrected chi connectivity index (χ3v) is 4.43. The van der Waals surface area contributed by atoms with Gasteiger partial charge in [-0.3, -0.25) is 4.79 Å². The number of benzene rings is 2. The number of nitrogens with zero attached hydrogens (tertiary/aromatic N) is 1. The highest BCUT2D eigenvalue weighted by molar-refractivity contribution is 7.17. The number of methoxy groups -OCH3 is 1. The van der Waals surface area contributed by atoms with Crippen LogP contribution in [0, 0.1) is 0 Å². The van der Waals surface area contributed by atoms with Crippen LogP contribution in [0.25, 0.3) is 11.3 Å². The van der Waals surface area contributed by atoms with Crippen LogP contribution in [0.2, 0.25) is 5.02 Å². The molecular formula is C17H14ClN3O2S. The molecule has 0 spiro atoms. The molecule has 3 rings (SSSR count). The number of nitrogens with two attached hydrogens (primary N) is 1. The Balaban J connectivity index is 1.96. The zero-order chi connectivity index (χ0) is 17.1. The maximum Gasteiger partial charge on any atom is 0.268 e. The van der Waals surface area contributed by atoms with E-state index in [1.54, 1.807) is 18.2 Å². The number of amides is 1. The third-order valence-electron chi connectivity index (χ3n) is 3.31. The highest BCUT2D eigenvalue weighted by Gasteiger charge is 2.20. The Hall–Kier alpha value is -2.57. The first kappa shape index (κ1) is 16.3. The van der Waals surface area contributed by atoms with E-state index in [9.17, 15) is 4.79 Å². The van der Waals surface area contributed by atoms with E-state index in [4.69, 9.17) is 22.1 Å². The molecule has 1 heterocycles. The lowest BCUT2D eigenvalue weighted by atomic mass is 10.1. The molecule has 0 aliphatic rings. The van der Waals surface area contributed by atoms with Gasteiger partial charge in [0.25, 0.3) is 5.91 Å². The van der Waals surface area contributed by atoms with Gasteiger partial charge in [0.15, 0.2) is 5.13 Å². The van der Waals surface area contributed by atoms with Gasteiger partial charge in [-0.2, -0.15) is 0 Å². The Morgan fingerprint density at radius 1 is 1.25 bits per heavy atom. The van der Waals surface area contributed by atoms with Crippen molar-refractivity contribution < 1.29 is 9.53 Å². The van der Waals surface area contributed by atoms with Gasteiger partial charge in [0.1, 0.15) is 10.6 Å². The van der Waals surface area contributed by atoms with Crippen molar-refractivity contribution in [2.45, 2.75) is 0 Å². The fraction of sp³-hybridized carbons (Fsp3) is 0.0588. The summed E-state index contributed by atoms with van der Waals surface area (Å²) >= 11 is 7.13. The molecule has 0 saturated carbocycles.